The summed E-state index contributed by atoms with van der Waals surface area (Å²) in [6, 6.07) is 0.807. The summed E-state index contributed by atoms with van der Waals surface area (Å²) in [5.74, 6) is 0.871. The molecule has 0 bridgehead atoms. The van der Waals surface area contributed by atoms with Crippen molar-refractivity contribution >= 4 is 0 Å². The molecule has 0 amide bonds. The van der Waals surface area contributed by atoms with Gasteiger partial charge in [-0.1, -0.05) is 0 Å². The summed E-state index contributed by atoms with van der Waals surface area (Å²) in [4.78, 5) is 2.67. The van der Waals surface area contributed by atoms with Crippen LogP contribution in [0, 0.1) is 5.92 Å². The van der Waals surface area contributed by atoms with Crippen LogP contribution in [0.5, 0.6) is 0 Å². The largest absolute Gasteiger partial charge is 0.375 e. The molecule has 2 atom stereocenters. The number of hydrogen-bond donors (Lipinski definition) is 1. The highest BCUT2D eigenvalue weighted by Gasteiger charge is 2.32. The molecular formula is C15H30N2O. The fourth-order valence-electron chi connectivity index (χ4n) is 3.34. The maximum Gasteiger partial charge on any atom is 0.0600 e. The van der Waals surface area contributed by atoms with E-state index in [2.05, 4.69) is 31.0 Å². The minimum absolute atomic E-state index is 0.00160. The summed E-state index contributed by atoms with van der Waals surface area (Å²) >= 11 is 0. The van der Waals surface area contributed by atoms with Gasteiger partial charge in [0.15, 0.2) is 0 Å². The monoisotopic (exact) mass is 254 g/mol. The molecule has 18 heavy (non-hydrogen) atoms. The van der Waals surface area contributed by atoms with Crippen molar-refractivity contribution in [2.75, 3.05) is 32.8 Å². The number of hydrogen-bond acceptors (Lipinski definition) is 3. The van der Waals surface area contributed by atoms with Crippen molar-refractivity contribution in [3.63, 3.8) is 0 Å². The smallest absolute Gasteiger partial charge is 0.0600 e. The third kappa shape index (κ3) is 4.22. The topological polar surface area (TPSA) is 24.5 Å². The Kier molecular flexibility index (Phi) is 5.05. The molecular weight excluding hydrogens is 224 g/mol. The van der Waals surface area contributed by atoms with Crippen molar-refractivity contribution in [2.45, 2.75) is 58.1 Å². The van der Waals surface area contributed by atoms with E-state index in [1.807, 2.05) is 0 Å². The molecule has 2 fully saturated rings. The Balaban J connectivity index is 1.76. The zero-order valence-electron chi connectivity index (χ0n) is 12.4. The average molecular weight is 254 g/mol. The normalized spacial score (nSPS) is 30.8. The Morgan fingerprint density at radius 1 is 1.22 bits per heavy atom. The predicted octanol–water partition coefficient (Wildman–Crippen LogP) is 2.27. The van der Waals surface area contributed by atoms with E-state index in [4.69, 9.17) is 4.74 Å². The van der Waals surface area contributed by atoms with Gasteiger partial charge in [0, 0.05) is 12.6 Å². The van der Waals surface area contributed by atoms with Gasteiger partial charge >= 0.3 is 0 Å². The molecule has 2 unspecified atom stereocenters. The molecule has 106 valence electrons. The summed E-state index contributed by atoms with van der Waals surface area (Å²) in [7, 11) is 0. The number of nitrogens with zero attached hydrogens (tertiary/aromatic N) is 1. The number of nitrogens with one attached hydrogen (secondary N) is 1. The third-order valence-electron chi connectivity index (χ3n) is 4.21. The average Bonchev–Trinajstić information content (AvgIpc) is 2.77. The SMILES string of the molecule is CC(C)(C)OCCN1CCCC1C1CCCNC1. The Morgan fingerprint density at radius 2 is 2.06 bits per heavy atom. The van der Waals surface area contributed by atoms with Gasteiger partial charge in [0.25, 0.3) is 0 Å². The molecule has 2 rings (SSSR count). The number of rotatable bonds is 4. The standard InChI is InChI=1S/C15H30N2O/c1-15(2,3)18-11-10-17-9-5-7-14(17)13-6-4-8-16-12-13/h13-14,16H,4-12H2,1-3H3. The quantitative estimate of drug-likeness (QED) is 0.833. The van der Waals surface area contributed by atoms with Crippen LogP contribution in [0.1, 0.15) is 46.5 Å². The van der Waals surface area contributed by atoms with Crippen molar-refractivity contribution in [1.29, 1.82) is 0 Å². The maximum absolute atomic E-state index is 5.87. The molecule has 2 saturated heterocycles. The van der Waals surface area contributed by atoms with Crippen LogP contribution in [0.4, 0.5) is 0 Å². The lowest BCUT2D eigenvalue weighted by molar-refractivity contribution is -0.0172. The van der Waals surface area contributed by atoms with E-state index >= 15 is 0 Å². The molecule has 0 spiro atoms. The van der Waals surface area contributed by atoms with E-state index < -0.39 is 0 Å². The van der Waals surface area contributed by atoms with Crippen molar-refractivity contribution in [3.8, 4) is 0 Å². The molecule has 0 aliphatic carbocycles. The van der Waals surface area contributed by atoms with Crippen LogP contribution < -0.4 is 5.32 Å². The van der Waals surface area contributed by atoms with Crippen LogP contribution in [0.3, 0.4) is 0 Å². The first-order chi connectivity index (χ1) is 8.56. The molecule has 0 aromatic heterocycles. The van der Waals surface area contributed by atoms with Gasteiger partial charge in [0.1, 0.15) is 0 Å². The molecule has 1 N–H and O–H groups in total. The van der Waals surface area contributed by atoms with E-state index in [-0.39, 0.29) is 5.60 Å². The maximum atomic E-state index is 5.87. The second-order valence-electron chi connectivity index (χ2n) is 6.81. The number of piperidine rings is 1. The summed E-state index contributed by atoms with van der Waals surface area (Å²) in [5, 5.41) is 3.55. The van der Waals surface area contributed by atoms with Crippen LogP contribution >= 0.6 is 0 Å². The molecule has 0 aromatic carbocycles. The Hall–Kier alpha value is -0.120. The van der Waals surface area contributed by atoms with E-state index in [1.165, 1.54) is 45.3 Å². The molecule has 2 aliphatic rings. The second-order valence-corrected chi connectivity index (χ2v) is 6.81. The van der Waals surface area contributed by atoms with Gasteiger partial charge in [0.05, 0.1) is 12.2 Å². The fourth-order valence-corrected chi connectivity index (χ4v) is 3.34. The lowest BCUT2D eigenvalue weighted by atomic mass is 9.90. The van der Waals surface area contributed by atoms with Gasteiger partial charge < -0.3 is 10.1 Å². The zero-order valence-corrected chi connectivity index (χ0v) is 12.4. The van der Waals surface area contributed by atoms with Crippen LogP contribution in [-0.4, -0.2) is 49.3 Å². The van der Waals surface area contributed by atoms with E-state index in [0.29, 0.717) is 0 Å². The van der Waals surface area contributed by atoms with Crippen molar-refractivity contribution in [1.82, 2.24) is 10.2 Å². The lowest BCUT2D eigenvalue weighted by Crippen LogP contribution is -2.44. The highest BCUT2D eigenvalue weighted by atomic mass is 16.5. The van der Waals surface area contributed by atoms with Crippen LogP contribution in [0.2, 0.25) is 0 Å². The fraction of sp³-hybridized carbons (Fsp3) is 1.00. The highest BCUT2D eigenvalue weighted by molar-refractivity contribution is 4.87. The van der Waals surface area contributed by atoms with Crippen molar-refractivity contribution in [3.05, 3.63) is 0 Å². The first-order valence-corrected chi connectivity index (χ1v) is 7.65. The summed E-state index contributed by atoms with van der Waals surface area (Å²) < 4.78 is 5.87. The van der Waals surface area contributed by atoms with Gasteiger partial charge in [-0.25, -0.2) is 0 Å². The molecule has 0 radical (unpaired) electrons. The van der Waals surface area contributed by atoms with Gasteiger partial charge in [0.2, 0.25) is 0 Å². The van der Waals surface area contributed by atoms with Crippen LogP contribution in [0.25, 0.3) is 0 Å². The van der Waals surface area contributed by atoms with Gasteiger partial charge in [-0.3, -0.25) is 4.90 Å². The first kappa shape index (κ1) is 14.3. The molecule has 3 nitrogen and oxygen atoms in total. The minimum atomic E-state index is 0.00160. The Labute approximate surface area is 112 Å². The molecule has 3 heteroatoms. The van der Waals surface area contributed by atoms with E-state index in [0.717, 1.165) is 25.1 Å². The molecule has 2 heterocycles. The van der Waals surface area contributed by atoms with Gasteiger partial charge in [-0.15, -0.1) is 0 Å². The predicted molar refractivity (Wildman–Crippen MR) is 75.9 cm³/mol. The third-order valence-corrected chi connectivity index (χ3v) is 4.21. The first-order valence-electron chi connectivity index (χ1n) is 7.65. The zero-order chi connectivity index (χ0) is 13.0. The molecule has 0 aromatic rings. The van der Waals surface area contributed by atoms with E-state index in [1.54, 1.807) is 0 Å². The summed E-state index contributed by atoms with van der Waals surface area (Å²) in [6.07, 6.45) is 5.53. The number of likely N-dealkylation sites (tertiary alicyclic amines) is 1. The van der Waals surface area contributed by atoms with Crippen molar-refractivity contribution in [2.24, 2.45) is 5.92 Å². The Bertz CT molecular complexity index is 243. The molecule has 2 aliphatic heterocycles. The van der Waals surface area contributed by atoms with Gasteiger partial charge in [-0.2, -0.15) is 0 Å². The van der Waals surface area contributed by atoms with Crippen LogP contribution in [-0.2, 0) is 4.74 Å². The van der Waals surface area contributed by atoms with Gasteiger partial charge in [-0.05, 0) is 72.0 Å². The minimum Gasteiger partial charge on any atom is -0.375 e. The lowest BCUT2D eigenvalue weighted by Gasteiger charge is -2.34. The van der Waals surface area contributed by atoms with Crippen molar-refractivity contribution < 1.29 is 4.74 Å². The highest BCUT2D eigenvalue weighted by Crippen LogP contribution is 2.27. The summed E-state index contributed by atoms with van der Waals surface area (Å²) in [5.41, 5.74) is 0.00160. The van der Waals surface area contributed by atoms with E-state index in [9.17, 15) is 0 Å². The second kappa shape index (κ2) is 6.36. The van der Waals surface area contributed by atoms with Crippen LogP contribution in [0.15, 0.2) is 0 Å². The summed E-state index contributed by atoms with van der Waals surface area (Å²) in [6.45, 7) is 12.1. The number of ether oxygens (including phenoxy) is 1. The Morgan fingerprint density at radius 3 is 2.72 bits per heavy atom. The molecule has 0 saturated carbocycles.